The largest absolute Gasteiger partial charge is 0.369 e. The number of nitro benzene ring substituents is 1. The van der Waals surface area contributed by atoms with E-state index in [0.29, 0.717) is 18.2 Å². The van der Waals surface area contributed by atoms with E-state index in [1.807, 2.05) is 6.07 Å². The fraction of sp³-hybridized carbons (Fsp3) is 0.727. The topological polar surface area (TPSA) is 87.0 Å². The van der Waals surface area contributed by atoms with Crippen molar-refractivity contribution in [2.24, 2.45) is 5.92 Å². The van der Waals surface area contributed by atoms with E-state index in [2.05, 4.69) is 9.80 Å². The lowest BCUT2D eigenvalue weighted by Crippen LogP contribution is -2.46. The maximum Gasteiger partial charge on any atom is 0.271 e. The Hall–Kier alpha value is -1.71. The van der Waals surface area contributed by atoms with Gasteiger partial charge in [0.1, 0.15) is 0 Å². The Morgan fingerprint density at radius 2 is 1.81 bits per heavy atom. The van der Waals surface area contributed by atoms with Crippen molar-refractivity contribution in [3.05, 3.63) is 34.4 Å². The number of non-ortho nitro benzene ring substituents is 1. The summed E-state index contributed by atoms with van der Waals surface area (Å²) in [6.45, 7) is 5.06. The molecule has 3 rings (SSSR count). The molecule has 1 saturated carbocycles. The van der Waals surface area contributed by atoms with Crippen LogP contribution >= 0.6 is 0 Å². The normalized spacial score (nSPS) is 19.1. The number of piperazine rings is 1. The maximum atomic E-state index is 12.6. The third kappa shape index (κ3) is 7.15. The van der Waals surface area contributed by atoms with Crippen molar-refractivity contribution in [2.45, 2.75) is 44.9 Å². The lowest BCUT2D eigenvalue weighted by molar-refractivity contribution is -0.384. The Kier molecular flexibility index (Phi) is 8.68. The van der Waals surface area contributed by atoms with E-state index in [1.54, 1.807) is 23.5 Å². The van der Waals surface area contributed by atoms with E-state index in [4.69, 9.17) is 0 Å². The number of nitro groups is 1. The highest BCUT2D eigenvalue weighted by Crippen LogP contribution is 2.26. The second-order valence-corrected chi connectivity index (χ2v) is 11.0. The molecule has 1 saturated heterocycles. The molecule has 1 aliphatic heterocycles. The van der Waals surface area contributed by atoms with Gasteiger partial charge in [-0.15, -0.1) is 0 Å². The molecule has 2 fully saturated rings. The van der Waals surface area contributed by atoms with Crippen LogP contribution in [0.4, 0.5) is 11.4 Å². The first-order chi connectivity index (χ1) is 14.8. The Labute approximate surface area is 186 Å². The van der Waals surface area contributed by atoms with Gasteiger partial charge in [-0.3, -0.25) is 15.0 Å². The van der Waals surface area contributed by atoms with Crippen LogP contribution in [-0.4, -0.2) is 74.6 Å². The monoisotopic (exact) mass is 452 g/mol. The van der Waals surface area contributed by atoms with Gasteiger partial charge in [0.05, 0.1) is 10.7 Å². The lowest BCUT2D eigenvalue weighted by Gasteiger charge is -2.36. The van der Waals surface area contributed by atoms with Gasteiger partial charge in [-0.1, -0.05) is 25.3 Å². The van der Waals surface area contributed by atoms with E-state index < -0.39 is 10.0 Å². The van der Waals surface area contributed by atoms with E-state index in [-0.39, 0.29) is 10.6 Å². The van der Waals surface area contributed by atoms with Crippen LogP contribution in [0.2, 0.25) is 0 Å². The average molecular weight is 453 g/mol. The zero-order chi connectivity index (χ0) is 22.3. The van der Waals surface area contributed by atoms with E-state index >= 15 is 0 Å². The minimum atomic E-state index is -3.15. The first-order valence-electron chi connectivity index (χ1n) is 11.5. The molecule has 0 aromatic heterocycles. The molecule has 0 bridgehead atoms. The molecule has 0 atom stereocenters. The summed E-state index contributed by atoms with van der Waals surface area (Å²) in [5.74, 6) is 0.645. The van der Waals surface area contributed by atoms with Crippen molar-refractivity contribution >= 4 is 21.4 Å². The average Bonchev–Trinajstić information content (AvgIpc) is 2.77. The molecule has 0 radical (unpaired) electrons. The Bertz CT molecular complexity index is 819. The predicted octanol–water partition coefficient (Wildman–Crippen LogP) is 3.34. The number of rotatable bonds is 10. The van der Waals surface area contributed by atoms with Crippen LogP contribution in [-0.2, 0) is 10.0 Å². The van der Waals surface area contributed by atoms with E-state index in [0.717, 1.165) is 64.1 Å². The van der Waals surface area contributed by atoms with Crippen molar-refractivity contribution in [1.29, 1.82) is 0 Å². The molecule has 8 nitrogen and oxygen atoms in total. The molecular weight excluding hydrogens is 416 g/mol. The second-order valence-electron chi connectivity index (χ2n) is 8.92. The molecule has 0 amide bonds. The van der Waals surface area contributed by atoms with Crippen LogP contribution in [0.25, 0.3) is 0 Å². The first-order valence-corrected chi connectivity index (χ1v) is 13.1. The molecule has 1 aromatic carbocycles. The van der Waals surface area contributed by atoms with Gasteiger partial charge in [0, 0.05) is 57.6 Å². The molecule has 1 aliphatic carbocycles. The Balaban J connectivity index is 1.34. The standard InChI is InChI=1S/C22H36N4O4S/c1-23(31(29,30)19-20-8-3-2-4-9-20)12-5-6-13-24-14-16-25(17-15-24)21-10-7-11-22(18-21)26(27)28/h7,10-11,18,20H,2-6,8-9,12-17,19H2,1H3. The predicted molar refractivity (Wildman–Crippen MR) is 124 cm³/mol. The first kappa shape index (κ1) is 23.9. The SMILES string of the molecule is CN(CCCCN1CCN(c2cccc([N+](=O)[O-])c2)CC1)S(=O)(=O)CC1CCCCC1. The van der Waals surface area contributed by atoms with Gasteiger partial charge in [0.2, 0.25) is 10.0 Å². The second kappa shape index (κ2) is 11.2. The van der Waals surface area contributed by atoms with Gasteiger partial charge in [-0.05, 0) is 44.2 Å². The molecule has 31 heavy (non-hydrogen) atoms. The number of nitrogens with zero attached hydrogens (tertiary/aromatic N) is 4. The highest BCUT2D eigenvalue weighted by molar-refractivity contribution is 7.89. The number of sulfonamides is 1. The van der Waals surface area contributed by atoms with Crippen molar-refractivity contribution in [3.8, 4) is 0 Å². The molecule has 9 heteroatoms. The fourth-order valence-electron chi connectivity index (χ4n) is 4.62. The van der Waals surface area contributed by atoms with Gasteiger partial charge in [0.25, 0.3) is 5.69 Å². The van der Waals surface area contributed by atoms with E-state index in [9.17, 15) is 18.5 Å². The van der Waals surface area contributed by atoms with Crippen LogP contribution in [0.1, 0.15) is 44.9 Å². The molecule has 0 unspecified atom stereocenters. The summed E-state index contributed by atoms with van der Waals surface area (Å²) >= 11 is 0. The molecular formula is C22H36N4O4S. The maximum absolute atomic E-state index is 12.6. The summed E-state index contributed by atoms with van der Waals surface area (Å²) in [4.78, 5) is 15.2. The zero-order valence-electron chi connectivity index (χ0n) is 18.6. The molecule has 0 N–H and O–H groups in total. The molecule has 1 heterocycles. The molecule has 174 valence electrons. The van der Waals surface area contributed by atoms with Gasteiger partial charge in [-0.2, -0.15) is 0 Å². The molecule has 1 aromatic rings. The summed E-state index contributed by atoms with van der Waals surface area (Å²) < 4.78 is 26.8. The number of unbranched alkanes of at least 4 members (excludes halogenated alkanes) is 1. The summed E-state index contributed by atoms with van der Waals surface area (Å²) in [5.41, 5.74) is 1.03. The summed E-state index contributed by atoms with van der Waals surface area (Å²) in [6.07, 6.45) is 7.51. The van der Waals surface area contributed by atoms with Gasteiger partial charge in [0.15, 0.2) is 0 Å². The zero-order valence-corrected chi connectivity index (χ0v) is 19.4. The van der Waals surface area contributed by atoms with Gasteiger partial charge < -0.3 is 4.90 Å². The lowest BCUT2D eigenvalue weighted by atomic mass is 9.91. The van der Waals surface area contributed by atoms with Crippen molar-refractivity contribution < 1.29 is 13.3 Å². The third-order valence-corrected chi connectivity index (χ3v) is 8.65. The van der Waals surface area contributed by atoms with Crippen LogP contribution in [0.5, 0.6) is 0 Å². The third-order valence-electron chi connectivity index (χ3n) is 6.62. The van der Waals surface area contributed by atoms with Crippen molar-refractivity contribution in [2.75, 3.05) is 57.0 Å². The minimum absolute atomic E-state index is 0.127. The highest BCUT2D eigenvalue weighted by Gasteiger charge is 2.25. The summed E-state index contributed by atoms with van der Waals surface area (Å²) in [5, 5.41) is 11.0. The minimum Gasteiger partial charge on any atom is -0.369 e. The van der Waals surface area contributed by atoms with Crippen LogP contribution < -0.4 is 4.90 Å². The van der Waals surface area contributed by atoms with Crippen molar-refractivity contribution in [3.63, 3.8) is 0 Å². The van der Waals surface area contributed by atoms with Gasteiger partial charge >= 0.3 is 0 Å². The summed E-state index contributed by atoms with van der Waals surface area (Å²) in [7, 11) is -1.43. The number of hydrogen-bond acceptors (Lipinski definition) is 6. The summed E-state index contributed by atoms with van der Waals surface area (Å²) in [6, 6.07) is 6.82. The number of benzene rings is 1. The molecule has 0 spiro atoms. The Morgan fingerprint density at radius 1 is 1.10 bits per heavy atom. The van der Waals surface area contributed by atoms with Crippen LogP contribution in [0, 0.1) is 16.0 Å². The highest BCUT2D eigenvalue weighted by atomic mass is 32.2. The van der Waals surface area contributed by atoms with Crippen LogP contribution in [0.15, 0.2) is 24.3 Å². The quantitative estimate of drug-likeness (QED) is 0.307. The van der Waals surface area contributed by atoms with Crippen LogP contribution in [0.3, 0.4) is 0 Å². The van der Waals surface area contributed by atoms with E-state index in [1.165, 1.54) is 25.3 Å². The fourth-order valence-corrected chi connectivity index (χ4v) is 6.21. The van der Waals surface area contributed by atoms with Gasteiger partial charge in [-0.25, -0.2) is 12.7 Å². The molecule has 2 aliphatic rings. The van der Waals surface area contributed by atoms with Crippen molar-refractivity contribution in [1.82, 2.24) is 9.21 Å². The Morgan fingerprint density at radius 3 is 2.48 bits per heavy atom. The smallest absolute Gasteiger partial charge is 0.271 e. The number of hydrogen-bond donors (Lipinski definition) is 0. The number of anilines is 1.